The largest absolute Gasteiger partial charge is 0.488 e. The molecular weight excluding hydrogens is 320 g/mol. The number of benzene rings is 1. The summed E-state index contributed by atoms with van der Waals surface area (Å²) in [6.45, 7) is 3.79. The van der Waals surface area contributed by atoms with Gasteiger partial charge in [0.1, 0.15) is 11.9 Å². The normalized spacial score (nSPS) is 20.6. The summed E-state index contributed by atoms with van der Waals surface area (Å²) < 4.78 is 6.97. The van der Waals surface area contributed by atoms with E-state index in [-0.39, 0.29) is 6.10 Å². The van der Waals surface area contributed by atoms with E-state index >= 15 is 0 Å². The van der Waals surface area contributed by atoms with Crippen LogP contribution in [0, 0.1) is 0 Å². The molecule has 0 bridgehead atoms. The molecule has 0 aromatic heterocycles. The van der Waals surface area contributed by atoms with Gasteiger partial charge in [-0.05, 0) is 44.8 Å². The minimum Gasteiger partial charge on any atom is -0.488 e. The van der Waals surface area contributed by atoms with Gasteiger partial charge in [-0.2, -0.15) is 0 Å². The van der Waals surface area contributed by atoms with Crippen LogP contribution in [0.1, 0.15) is 12.5 Å². The second-order valence-corrected chi connectivity index (χ2v) is 6.98. The molecular formula is C15H23BrN2O2. The molecule has 5 heteroatoms. The molecule has 0 saturated heterocycles. The van der Waals surface area contributed by atoms with Gasteiger partial charge in [0.2, 0.25) is 0 Å². The van der Waals surface area contributed by atoms with Gasteiger partial charge in [-0.1, -0.05) is 15.9 Å². The lowest BCUT2D eigenvalue weighted by Crippen LogP contribution is -2.47. The predicted octanol–water partition coefficient (Wildman–Crippen LogP) is 1.65. The topological polar surface area (TPSA) is 44.7 Å². The number of nitrogens with zero attached hydrogens (tertiary/aromatic N) is 1. The lowest BCUT2D eigenvalue weighted by molar-refractivity contribution is 0.0320. The third-order valence-corrected chi connectivity index (χ3v) is 3.79. The molecule has 1 aliphatic rings. The van der Waals surface area contributed by atoms with E-state index in [0.29, 0.717) is 13.1 Å². The number of likely N-dealkylation sites (N-methyl/N-ethyl adjacent to an activating group) is 1. The highest BCUT2D eigenvalue weighted by Gasteiger charge is 2.25. The number of rotatable bonds is 6. The summed E-state index contributed by atoms with van der Waals surface area (Å²) in [4.78, 5) is 1.99. The molecule has 1 aliphatic heterocycles. The highest BCUT2D eigenvalue weighted by molar-refractivity contribution is 9.10. The standard InChI is InChI=1S/C15H23BrN2O2/c1-15(19,10-18(2)3)9-17-8-13-7-11-6-12(16)4-5-14(11)20-13/h4-6,13,17,19H,7-10H2,1-3H3. The zero-order chi connectivity index (χ0) is 14.8. The maximum atomic E-state index is 10.2. The van der Waals surface area contributed by atoms with Crippen LogP contribution in [-0.4, -0.2) is 55.4 Å². The maximum absolute atomic E-state index is 10.2. The van der Waals surface area contributed by atoms with Crippen LogP contribution in [0.4, 0.5) is 0 Å². The molecule has 4 nitrogen and oxygen atoms in total. The van der Waals surface area contributed by atoms with E-state index in [4.69, 9.17) is 4.74 Å². The third-order valence-electron chi connectivity index (χ3n) is 3.30. The summed E-state index contributed by atoms with van der Waals surface area (Å²) in [5.74, 6) is 0.972. The SMILES string of the molecule is CN(C)CC(C)(O)CNCC1Cc2cc(Br)ccc2O1. The van der Waals surface area contributed by atoms with Crippen molar-refractivity contribution in [2.75, 3.05) is 33.7 Å². The van der Waals surface area contributed by atoms with Crippen LogP contribution in [0.3, 0.4) is 0 Å². The molecule has 2 unspecified atom stereocenters. The minimum absolute atomic E-state index is 0.148. The molecule has 2 atom stereocenters. The van der Waals surface area contributed by atoms with Gasteiger partial charge in [0, 0.05) is 30.5 Å². The minimum atomic E-state index is -0.724. The Morgan fingerprint density at radius 1 is 1.50 bits per heavy atom. The fraction of sp³-hybridized carbons (Fsp3) is 0.600. The molecule has 1 aromatic carbocycles. The van der Waals surface area contributed by atoms with Crippen LogP contribution >= 0.6 is 15.9 Å². The van der Waals surface area contributed by atoms with Gasteiger partial charge in [0.15, 0.2) is 0 Å². The van der Waals surface area contributed by atoms with Gasteiger partial charge in [-0.15, -0.1) is 0 Å². The van der Waals surface area contributed by atoms with Crippen molar-refractivity contribution in [1.29, 1.82) is 0 Å². The van der Waals surface area contributed by atoms with Crippen LogP contribution in [0.25, 0.3) is 0 Å². The summed E-state index contributed by atoms with van der Waals surface area (Å²) in [6, 6.07) is 6.11. The van der Waals surface area contributed by atoms with Crippen LogP contribution in [0.15, 0.2) is 22.7 Å². The Morgan fingerprint density at radius 2 is 2.25 bits per heavy atom. The number of halogens is 1. The molecule has 112 valence electrons. The van der Waals surface area contributed by atoms with Crippen molar-refractivity contribution in [3.8, 4) is 5.75 Å². The van der Waals surface area contributed by atoms with Gasteiger partial charge in [0.05, 0.1) is 5.60 Å². The highest BCUT2D eigenvalue weighted by atomic mass is 79.9. The Kier molecular flexibility index (Phi) is 5.07. The smallest absolute Gasteiger partial charge is 0.123 e. The van der Waals surface area contributed by atoms with Crippen LogP contribution in [0.5, 0.6) is 5.75 Å². The Balaban J connectivity index is 1.77. The number of hydrogen-bond acceptors (Lipinski definition) is 4. The van der Waals surface area contributed by atoms with Crippen molar-refractivity contribution in [3.63, 3.8) is 0 Å². The zero-order valence-electron chi connectivity index (χ0n) is 12.3. The first-order valence-corrected chi connectivity index (χ1v) is 7.68. The molecule has 0 spiro atoms. The summed E-state index contributed by atoms with van der Waals surface area (Å²) >= 11 is 3.48. The molecule has 20 heavy (non-hydrogen) atoms. The van der Waals surface area contributed by atoms with Crippen LogP contribution < -0.4 is 10.1 Å². The summed E-state index contributed by atoms with van der Waals surface area (Å²) in [5.41, 5.74) is 0.518. The molecule has 1 aromatic rings. The average Bonchev–Trinajstić information content (AvgIpc) is 2.68. The first-order valence-electron chi connectivity index (χ1n) is 6.89. The van der Waals surface area contributed by atoms with Crippen molar-refractivity contribution in [2.45, 2.75) is 25.0 Å². The second-order valence-electron chi connectivity index (χ2n) is 6.06. The number of fused-ring (bicyclic) bond motifs is 1. The van der Waals surface area contributed by atoms with E-state index in [0.717, 1.165) is 23.2 Å². The van der Waals surface area contributed by atoms with Gasteiger partial charge in [0.25, 0.3) is 0 Å². The predicted molar refractivity (Wildman–Crippen MR) is 84.3 cm³/mol. The Morgan fingerprint density at radius 3 is 2.95 bits per heavy atom. The maximum Gasteiger partial charge on any atom is 0.123 e. The van der Waals surface area contributed by atoms with Crippen molar-refractivity contribution in [2.24, 2.45) is 0 Å². The molecule has 0 radical (unpaired) electrons. The Labute approximate surface area is 129 Å². The average molecular weight is 343 g/mol. The zero-order valence-corrected chi connectivity index (χ0v) is 13.9. The third kappa shape index (κ3) is 4.45. The van der Waals surface area contributed by atoms with Crippen molar-refractivity contribution in [1.82, 2.24) is 10.2 Å². The van der Waals surface area contributed by atoms with Crippen molar-refractivity contribution >= 4 is 15.9 Å². The van der Waals surface area contributed by atoms with E-state index in [1.807, 2.05) is 38.1 Å². The van der Waals surface area contributed by atoms with Gasteiger partial charge >= 0.3 is 0 Å². The molecule has 0 amide bonds. The highest BCUT2D eigenvalue weighted by Crippen LogP contribution is 2.30. The number of ether oxygens (including phenoxy) is 1. The first kappa shape index (κ1) is 15.8. The van der Waals surface area contributed by atoms with E-state index < -0.39 is 5.60 Å². The summed E-state index contributed by atoms with van der Waals surface area (Å²) in [5, 5.41) is 13.5. The van der Waals surface area contributed by atoms with Crippen molar-refractivity contribution in [3.05, 3.63) is 28.2 Å². The molecule has 1 heterocycles. The van der Waals surface area contributed by atoms with E-state index in [9.17, 15) is 5.11 Å². The van der Waals surface area contributed by atoms with E-state index in [1.54, 1.807) is 0 Å². The van der Waals surface area contributed by atoms with E-state index in [1.165, 1.54) is 5.56 Å². The molecule has 0 fully saturated rings. The summed E-state index contributed by atoms with van der Waals surface area (Å²) in [7, 11) is 3.92. The quantitative estimate of drug-likeness (QED) is 0.825. The Bertz CT molecular complexity index is 463. The molecule has 0 aliphatic carbocycles. The van der Waals surface area contributed by atoms with Gasteiger partial charge in [-0.25, -0.2) is 0 Å². The van der Waals surface area contributed by atoms with Gasteiger partial charge in [-0.3, -0.25) is 0 Å². The van der Waals surface area contributed by atoms with Crippen molar-refractivity contribution < 1.29 is 9.84 Å². The molecule has 0 saturated carbocycles. The van der Waals surface area contributed by atoms with Crippen LogP contribution in [0.2, 0.25) is 0 Å². The first-order chi connectivity index (χ1) is 9.35. The van der Waals surface area contributed by atoms with Crippen LogP contribution in [-0.2, 0) is 6.42 Å². The monoisotopic (exact) mass is 342 g/mol. The van der Waals surface area contributed by atoms with E-state index in [2.05, 4.69) is 27.3 Å². The number of aliphatic hydroxyl groups is 1. The van der Waals surface area contributed by atoms with Gasteiger partial charge < -0.3 is 20.1 Å². The second kappa shape index (κ2) is 6.43. The number of nitrogens with one attached hydrogen (secondary N) is 1. The molecule has 2 N–H and O–H groups in total. The fourth-order valence-electron chi connectivity index (χ4n) is 2.64. The lowest BCUT2D eigenvalue weighted by Gasteiger charge is -2.27. The fourth-order valence-corrected chi connectivity index (χ4v) is 3.05. The summed E-state index contributed by atoms with van der Waals surface area (Å²) in [6.07, 6.45) is 1.06. The lowest BCUT2D eigenvalue weighted by atomic mass is 10.1. The Hall–Kier alpha value is -0.620. The number of hydrogen-bond donors (Lipinski definition) is 2. The molecule has 2 rings (SSSR count).